The van der Waals surface area contributed by atoms with Gasteiger partial charge in [0.25, 0.3) is 0 Å². The summed E-state index contributed by atoms with van der Waals surface area (Å²) in [4.78, 5) is 6.89. The van der Waals surface area contributed by atoms with Crippen LogP contribution in [0.5, 0.6) is 0 Å². The lowest BCUT2D eigenvalue weighted by atomic mass is 10.0. The van der Waals surface area contributed by atoms with E-state index in [1.165, 1.54) is 12.8 Å². The Bertz CT molecular complexity index is 378. The second-order valence-corrected chi connectivity index (χ2v) is 7.47. The van der Waals surface area contributed by atoms with Gasteiger partial charge in [-0.1, -0.05) is 0 Å². The van der Waals surface area contributed by atoms with Crippen molar-refractivity contribution in [3.05, 3.63) is 0 Å². The van der Waals surface area contributed by atoms with E-state index in [1.54, 1.807) is 0 Å². The van der Waals surface area contributed by atoms with Crippen LogP contribution in [0, 0.1) is 5.92 Å². The SMILES string of the molecule is CN=C(NCCCOCC1CCOCC1)NCCN(C(C)C)C1CC1. The van der Waals surface area contributed by atoms with E-state index in [-0.39, 0.29) is 0 Å². The van der Waals surface area contributed by atoms with Crippen molar-refractivity contribution in [1.29, 1.82) is 0 Å². The standard InChI is InChI=1S/C19H38N4O2/c1-16(2)23(18-5-6-18)11-10-22-19(20-3)21-9-4-12-25-15-17-7-13-24-14-8-17/h16-18H,4-15H2,1-3H3,(H2,20,21,22). The number of nitrogens with one attached hydrogen (secondary N) is 2. The van der Waals surface area contributed by atoms with Crippen molar-refractivity contribution < 1.29 is 9.47 Å². The Morgan fingerprint density at radius 1 is 1.16 bits per heavy atom. The van der Waals surface area contributed by atoms with Crippen LogP contribution in [0.1, 0.15) is 46.0 Å². The van der Waals surface area contributed by atoms with Crippen LogP contribution in [-0.2, 0) is 9.47 Å². The molecule has 146 valence electrons. The molecule has 1 saturated heterocycles. The number of aliphatic imine (C=N–C) groups is 1. The molecule has 2 N–H and O–H groups in total. The molecule has 1 aliphatic carbocycles. The molecule has 0 atom stereocenters. The zero-order chi connectivity index (χ0) is 17.9. The summed E-state index contributed by atoms with van der Waals surface area (Å²) in [5.41, 5.74) is 0. The summed E-state index contributed by atoms with van der Waals surface area (Å²) in [6.45, 7) is 11.0. The first-order chi connectivity index (χ1) is 12.2. The Hall–Kier alpha value is -0.850. The highest BCUT2D eigenvalue weighted by atomic mass is 16.5. The molecular formula is C19H38N4O2. The summed E-state index contributed by atoms with van der Waals surface area (Å²) in [6, 6.07) is 1.43. The third-order valence-corrected chi connectivity index (χ3v) is 5.02. The van der Waals surface area contributed by atoms with E-state index in [1.807, 2.05) is 7.05 Å². The van der Waals surface area contributed by atoms with E-state index < -0.39 is 0 Å². The molecular weight excluding hydrogens is 316 g/mol. The minimum Gasteiger partial charge on any atom is -0.381 e. The molecule has 2 rings (SSSR count). The fourth-order valence-electron chi connectivity index (χ4n) is 3.34. The molecule has 6 nitrogen and oxygen atoms in total. The molecule has 1 aliphatic heterocycles. The summed E-state index contributed by atoms with van der Waals surface area (Å²) >= 11 is 0. The zero-order valence-corrected chi connectivity index (χ0v) is 16.4. The zero-order valence-electron chi connectivity index (χ0n) is 16.4. The Labute approximate surface area is 153 Å². The van der Waals surface area contributed by atoms with Crippen LogP contribution in [0.2, 0.25) is 0 Å². The maximum Gasteiger partial charge on any atom is 0.191 e. The monoisotopic (exact) mass is 354 g/mol. The van der Waals surface area contributed by atoms with Gasteiger partial charge in [0.2, 0.25) is 0 Å². The molecule has 0 aromatic heterocycles. The van der Waals surface area contributed by atoms with Crippen LogP contribution in [-0.4, -0.2) is 76.1 Å². The molecule has 2 aliphatic rings. The van der Waals surface area contributed by atoms with Crippen molar-refractivity contribution in [1.82, 2.24) is 15.5 Å². The Morgan fingerprint density at radius 2 is 1.88 bits per heavy atom. The molecule has 1 heterocycles. The first-order valence-electron chi connectivity index (χ1n) is 10.1. The summed E-state index contributed by atoms with van der Waals surface area (Å²) in [6.07, 6.45) is 6.01. The number of hydrogen-bond acceptors (Lipinski definition) is 4. The number of nitrogens with zero attached hydrogens (tertiary/aromatic N) is 2. The third kappa shape index (κ3) is 8.38. The van der Waals surface area contributed by atoms with Crippen molar-refractivity contribution in [2.24, 2.45) is 10.9 Å². The normalized spacial score (nSPS) is 19.6. The summed E-state index contributed by atoms with van der Waals surface area (Å²) in [7, 11) is 1.83. The van der Waals surface area contributed by atoms with Gasteiger partial charge in [0.1, 0.15) is 0 Å². The Morgan fingerprint density at radius 3 is 2.52 bits per heavy atom. The fourth-order valence-corrected chi connectivity index (χ4v) is 3.34. The van der Waals surface area contributed by atoms with E-state index >= 15 is 0 Å². The van der Waals surface area contributed by atoms with Gasteiger partial charge in [-0.3, -0.25) is 9.89 Å². The third-order valence-electron chi connectivity index (χ3n) is 5.02. The van der Waals surface area contributed by atoms with E-state index in [0.29, 0.717) is 12.0 Å². The fraction of sp³-hybridized carbons (Fsp3) is 0.947. The highest BCUT2D eigenvalue weighted by Gasteiger charge is 2.30. The molecule has 6 heteroatoms. The topological polar surface area (TPSA) is 58.1 Å². The van der Waals surface area contributed by atoms with Gasteiger partial charge < -0.3 is 20.1 Å². The van der Waals surface area contributed by atoms with E-state index in [9.17, 15) is 0 Å². The maximum absolute atomic E-state index is 5.80. The number of ether oxygens (including phenoxy) is 2. The molecule has 0 aromatic carbocycles. The summed E-state index contributed by atoms with van der Waals surface area (Å²) < 4.78 is 11.2. The average molecular weight is 355 g/mol. The van der Waals surface area contributed by atoms with Gasteiger partial charge in [0.15, 0.2) is 5.96 Å². The summed E-state index contributed by atoms with van der Waals surface area (Å²) in [5, 5.41) is 6.80. The highest BCUT2D eigenvalue weighted by Crippen LogP contribution is 2.27. The predicted octanol–water partition coefficient (Wildman–Crippen LogP) is 1.86. The largest absolute Gasteiger partial charge is 0.381 e. The van der Waals surface area contributed by atoms with E-state index in [4.69, 9.17) is 9.47 Å². The lowest BCUT2D eigenvalue weighted by molar-refractivity contribution is 0.0203. The van der Waals surface area contributed by atoms with E-state index in [0.717, 1.165) is 77.3 Å². The lowest BCUT2D eigenvalue weighted by Crippen LogP contribution is -2.44. The molecule has 0 spiro atoms. The van der Waals surface area contributed by atoms with Crippen LogP contribution < -0.4 is 10.6 Å². The number of hydrogen-bond donors (Lipinski definition) is 2. The smallest absolute Gasteiger partial charge is 0.191 e. The van der Waals surface area contributed by atoms with Crippen molar-refractivity contribution >= 4 is 5.96 Å². The van der Waals surface area contributed by atoms with Crippen molar-refractivity contribution in [3.8, 4) is 0 Å². The summed E-state index contributed by atoms with van der Waals surface area (Å²) in [5.74, 6) is 1.58. The average Bonchev–Trinajstić information content (AvgIpc) is 3.45. The molecule has 0 bridgehead atoms. The second kappa shape index (κ2) is 11.7. The number of guanidine groups is 1. The van der Waals surface area contributed by atoms with Gasteiger partial charge in [-0.15, -0.1) is 0 Å². The second-order valence-electron chi connectivity index (χ2n) is 7.47. The molecule has 25 heavy (non-hydrogen) atoms. The molecule has 1 saturated carbocycles. The molecule has 2 fully saturated rings. The minimum atomic E-state index is 0.622. The molecule has 0 unspecified atom stereocenters. The Balaban J connectivity index is 1.47. The van der Waals surface area contributed by atoms with Gasteiger partial charge in [-0.25, -0.2) is 0 Å². The molecule has 0 radical (unpaired) electrons. The molecule has 0 amide bonds. The van der Waals surface area contributed by atoms with Crippen LogP contribution in [0.3, 0.4) is 0 Å². The van der Waals surface area contributed by atoms with Gasteiger partial charge in [0.05, 0.1) is 0 Å². The predicted molar refractivity (Wildman–Crippen MR) is 103 cm³/mol. The van der Waals surface area contributed by atoms with Gasteiger partial charge in [0, 0.05) is 65.2 Å². The maximum atomic E-state index is 5.80. The first kappa shape index (κ1) is 20.5. The quantitative estimate of drug-likeness (QED) is 0.337. The Kier molecular flexibility index (Phi) is 9.58. The minimum absolute atomic E-state index is 0.622. The van der Waals surface area contributed by atoms with Crippen molar-refractivity contribution in [3.63, 3.8) is 0 Å². The van der Waals surface area contributed by atoms with Gasteiger partial charge >= 0.3 is 0 Å². The van der Waals surface area contributed by atoms with Crippen molar-refractivity contribution in [2.75, 3.05) is 53.1 Å². The molecule has 0 aromatic rings. The highest BCUT2D eigenvalue weighted by molar-refractivity contribution is 5.79. The first-order valence-corrected chi connectivity index (χ1v) is 10.1. The van der Waals surface area contributed by atoms with Gasteiger partial charge in [-0.2, -0.15) is 0 Å². The van der Waals surface area contributed by atoms with E-state index in [2.05, 4.69) is 34.4 Å². The van der Waals surface area contributed by atoms with Crippen LogP contribution in [0.25, 0.3) is 0 Å². The van der Waals surface area contributed by atoms with Gasteiger partial charge in [-0.05, 0) is 51.9 Å². The van der Waals surface area contributed by atoms with Crippen LogP contribution >= 0.6 is 0 Å². The lowest BCUT2D eigenvalue weighted by Gasteiger charge is -2.26. The van der Waals surface area contributed by atoms with Crippen LogP contribution in [0.4, 0.5) is 0 Å². The van der Waals surface area contributed by atoms with Crippen LogP contribution in [0.15, 0.2) is 4.99 Å². The number of rotatable bonds is 11. The van der Waals surface area contributed by atoms with Crippen molar-refractivity contribution in [2.45, 2.75) is 58.0 Å².